The van der Waals surface area contributed by atoms with Crippen LogP contribution in [0.25, 0.3) is 10.8 Å². The van der Waals surface area contributed by atoms with Crippen LogP contribution in [-0.4, -0.2) is 41.9 Å². The van der Waals surface area contributed by atoms with Crippen LogP contribution in [0.15, 0.2) is 35.4 Å². The van der Waals surface area contributed by atoms with Crippen LogP contribution >= 0.6 is 11.6 Å². The summed E-state index contributed by atoms with van der Waals surface area (Å²) >= 11 is 5.84. The van der Waals surface area contributed by atoms with Crippen LogP contribution < -0.4 is 0 Å². The maximum Gasteiger partial charge on any atom is 0.309 e. The average molecular weight is 327 g/mol. The van der Waals surface area contributed by atoms with Gasteiger partial charge in [-0.05, 0) is 12.1 Å². The zero-order chi connectivity index (χ0) is 15.2. The van der Waals surface area contributed by atoms with Crippen LogP contribution in [-0.2, 0) is 14.8 Å². The number of pyridine rings is 1. The summed E-state index contributed by atoms with van der Waals surface area (Å²) in [7, 11) is -3.73. The van der Waals surface area contributed by atoms with Gasteiger partial charge in [0.2, 0.25) is 10.0 Å². The Hall–Kier alpha value is -1.70. The van der Waals surface area contributed by atoms with Gasteiger partial charge in [0.25, 0.3) is 0 Å². The van der Waals surface area contributed by atoms with Gasteiger partial charge >= 0.3 is 5.97 Å². The minimum atomic E-state index is -3.73. The molecule has 1 aliphatic heterocycles. The van der Waals surface area contributed by atoms with Gasteiger partial charge in [-0.3, -0.25) is 4.79 Å². The van der Waals surface area contributed by atoms with Gasteiger partial charge in [0, 0.05) is 30.1 Å². The van der Waals surface area contributed by atoms with Crippen molar-refractivity contribution in [1.29, 1.82) is 0 Å². The summed E-state index contributed by atoms with van der Waals surface area (Å²) < 4.78 is 26.3. The van der Waals surface area contributed by atoms with E-state index in [4.69, 9.17) is 16.7 Å². The van der Waals surface area contributed by atoms with E-state index in [2.05, 4.69) is 4.98 Å². The van der Waals surface area contributed by atoms with Gasteiger partial charge in [0.15, 0.2) is 0 Å². The fourth-order valence-corrected chi connectivity index (χ4v) is 4.16. The number of halogens is 1. The number of carboxylic acids is 1. The number of aliphatic carboxylic acids is 1. The summed E-state index contributed by atoms with van der Waals surface area (Å²) in [6.45, 7) is -0.0141. The van der Waals surface area contributed by atoms with E-state index in [0.29, 0.717) is 10.8 Å². The van der Waals surface area contributed by atoms with Crippen molar-refractivity contribution >= 4 is 38.4 Å². The molecule has 0 radical (unpaired) electrons. The molecule has 0 bridgehead atoms. The van der Waals surface area contributed by atoms with Gasteiger partial charge in [-0.25, -0.2) is 13.4 Å². The van der Waals surface area contributed by atoms with Crippen LogP contribution in [0.3, 0.4) is 0 Å². The molecule has 0 aliphatic carbocycles. The minimum absolute atomic E-state index is 0.00707. The molecule has 2 aromatic rings. The largest absolute Gasteiger partial charge is 0.481 e. The highest BCUT2D eigenvalue weighted by molar-refractivity contribution is 7.89. The zero-order valence-electron chi connectivity index (χ0n) is 10.7. The lowest BCUT2D eigenvalue weighted by atomic mass is 10.0. The second-order valence-electron chi connectivity index (χ2n) is 4.84. The molecule has 6 nitrogen and oxygen atoms in total. The van der Waals surface area contributed by atoms with E-state index in [1.165, 1.54) is 18.3 Å². The number of carbonyl (C=O) groups is 1. The predicted octanol–water partition coefficient (Wildman–Crippen LogP) is 1.59. The molecule has 2 heterocycles. The van der Waals surface area contributed by atoms with Crippen molar-refractivity contribution in [3.8, 4) is 0 Å². The third-order valence-electron chi connectivity index (χ3n) is 3.51. The lowest BCUT2D eigenvalue weighted by Gasteiger charge is -2.35. The Labute approximate surface area is 126 Å². The number of benzene rings is 1. The second kappa shape index (κ2) is 4.94. The topological polar surface area (TPSA) is 87.6 Å². The van der Waals surface area contributed by atoms with Crippen LogP contribution in [0.1, 0.15) is 0 Å². The monoisotopic (exact) mass is 326 g/mol. The van der Waals surface area contributed by atoms with Crippen LogP contribution in [0.4, 0.5) is 0 Å². The predicted molar refractivity (Wildman–Crippen MR) is 76.6 cm³/mol. The second-order valence-corrected chi connectivity index (χ2v) is 7.14. The van der Waals surface area contributed by atoms with E-state index in [1.807, 2.05) is 0 Å². The maximum atomic E-state index is 12.6. The fraction of sp³-hybridized carbons (Fsp3) is 0.231. The van der Waals surface area contributed by atoms with Crippen LogP contribution in [0.5, 0.6) is 0 Å². The van der Waals surface area contributed by atoms with Gasteiger partial charge < -0.3 is 5.11 Å². The summed E-state index contributed by atoms with van der Waals surface area (Å²) in [6, 6.07) is 6.35. The Bertz CT molecular complexity index is 831. The number of sulfonamides is 1. The van der Waals surface area contributed by atoms with E-state index >= 15 is 0 Å². The van der Waals surface area contributed by atoms with Crippen molar-refractivity contribution < 1.29 is 18.3 Å². The van der Waals surface area contributed by atoms with Crippen molar-refractivity contribution in [3.05, 3.63) is 35.6 Å². The standard InChI is InChI=1S/C13H11ClN2O4S/c14-12-4-10-8(5-15-12)2-1-3-11(10)21(19,20)16-6-9(7-16)13(17)18/h1-5,9H,6-7H2,(H,17,18). The normalized spacial score (nSPS) is 16.8. The molecule has 21 heavy (non-hydrogen) atoms. The third kappa shape index (κ3) is 2.37. The molecule has 8 heteroatoms. The van der Waals surface area contributed by atoms with Gasteiger partial charge in [-0.1, -0.05) is 23.7 Å². The van der Waals surface area contributed by atoms with Gasteiger partial charge in [-0.2, -0.15) is 4.31 Å². The Morgan fingerprint density at radius 3 is 2.76 bits per heavy atom. The fourth-order valence-electron chi connectivity index (χ4n) is 2.27. The van der Waals surface area contributed by atoms with Crippen molar-refractivity contribution in [2.24, 2.45) is 5.92 Å². The molecule has 1 aromatic heterocycles. The smallest absolute Gasteiger partial charge is 0.309 e. The molecule has 0 atom stereocenters. The lowest BCUT2D eigenvalue weighted by molar-refractivity contribution is -0.145. The molecule has 0 unspecified atom stereocenters. The maximum absolute atomic E-state index is 12.6. The Morgan fingerprint density at radius 2 is 2.10 bits per heavy atom. The molecule has 1 N–H and O–H groups in total. The third-order valence-corrected chi connectivity index (χ3v) is 5.60. The first-order chi connectivity index (χ1) is 9.89. The number of rotatable bonds is 3. The Balaban J connectivity index is 2.04. The van der Waals surface area contributed by atoms with E-state index in [0.717, 1.165) is 4.31 Å². The minimum Gasteiger partial charge on any atom is -0.481 e. The average Bonchev–Trinajstić information content (AvgIpc) is 2.35. The van der Waals surface area contributed by atoms with Gasteiger partial charge in [0.05, 0.1) is 10.8 Å². The summed E-state index contributed by atoms with van der Waals surface area (Å²) in [6.07, 6.45) is 1.51. The molecule has 0 saturated carbocycles. The summed E-state index contributed by atoms with van der Waals surface area (Å²) in [5.74, 6) is -1.62. The zero-order valence-corrected chi connectivity index (χ0v) is 12.3. The Morgan fingerprint density at radius 1 is 1.38 bits per heavy atom. The highest BCUT2D eigenvalue weighted by Crippen LogP contribution is 2.30. The Kier molecular flexibility index (Phi) is 3.35. The molecule has 3 rings (SSSR count). The van der Waals surface area contributed by atoms with E-state index < -0.39 is 21.9 Å². The molecule has 110 valence electrons. The number of aromatic nitrogens is 1. The van der Waals surface area contributed by atoms with E-state index in [1.54, 1.807) is 12.1 Å². The van der Waals surface area contributed by atoms with Crippen LogP contribution in [0.2, 0.25) is 5.15 Å². The van der Waals surface area contributed by atoms with Gasteiger partial charge in [0.1, 0.15) is 5.15 Å². The van der Waals surface area contributed by atoms with Crippen molar-refractivity contribution in [2.75, 3.05) is 13.1 Å². The summed E-state index contributed by atoms with van der Waals surface area (Å²) in [5.41, 5.74) is 0. The SMILES string of the molecule is O=C(O)C1CN(S(=O)(=O)c2cccc3cnc(Cl)cc23)C1. The molecular formula is C13H11ClN2O4S. The number of carboxylic acid groups (broad SMARTS) is 1. The highest BCUT2D eigenvalue weighted by Gasteiger charge is 2.40. The van der Waals surface area contributed by atoms with Crippen molar-refractivity contribution in [1.82, 2.24) is 9.29 Å². The van der Waals surface area contributed by atoms with Crippen molar-refractivity contribution in [2.45, 2.75) is 4.90 Å². The highest BCUT2D eigenvalue weighted by atomic mass is 35.5. The molecule has 1 saturated heterocycles. The molecule has 1 aromatic carbocycles. The summed E-state index contributed by atoms with van der Waals surface area (Å²) in [5, 5.41) is 10.2. The quantitative estimate of drug-likeness (QED) is 0.865. The van der Waals surface area contributed by atoms with Crippen LogP contribution in [0, 0.1) is 5.92 Å². The van der Waals surface area contributed by atoms with Gasteiger partial charge in [-0.15, -0.1) is 0 Å². The number of hydrogen-bond donors (Lipinski definition) is 1. The summed E-state index contributed by atoms with van der Waals surface area (Å²) in [4.78, 5) is 14.8. The van der Waals surface area contributed by atoms with E-state index in [9.17, 15) is 13.2 Å². The first-order valence-corrected chi connectivity index (χ1v) is 7.98. The van der Waals surface area contributed by atoms with Crippen molar-refractivity contribution in [3.63, 3.8) is 0 Å². The molecule has 1 fully saturated rings. The first-order valence-electron chi connectivity index (χ1n) is 6.17. The number of hydrogen-bond acceptors (Lipinski definition) is 4. The molecule has 0 amide bonds. The molecule has 1 aliphatic rings. The number of fused-ring (bicyclic) bond motifs is 1. The van der Waals surface area contributed by atoms with E-state index in [-0.39, 0.29) is 23.1 Å². The number of nitrogens with zero attached hydrogens (tertiary/aromatic N) is 2. The molecular weight excluding hydrogens is 316 g/mol. The molecule has 0 spiro atoms. The lowest BCUT2D eigenvalue weighted by Crippen LogP contribution is -2.52. The first kappa shape index (κ1) is 14.2.